The van der Waals surface area contributed by atoms with Gasteiger partial charge in [-0.1, -0.05) is 6.92 Å². The third-order valence-corrected chi connectivity index (χ3v) is 2.57. The summed E-state index contributed by atoms with van der Waals surface area (Å²) in [7, 11) is 0. The lowest BCUT2D eigenvalue weighted by molar-refractivity contribution is -0.136. The molecular weight excluding hydrogens is 244 g/mol. The van der Waals surface area contributed by atoms with Crippen LogP contribution in [0.5, 0.6) is 0 Å². The number of aldehydes is 1. The first kappa shape index (κ1) is 14.9. The predicted octanol–water partition coefficient (Wildman–Crippen LogP) is 2.47. The number of carbonyl (C=O) groups is 2. The Morgan fingerprint density at radius 2 is 1.89 bits per heavy atom. The lowest BCUT2D eigenvalue weighted by atomic mass is 9.82. The normalized spacial score (nSPS) is 27.8. The molecule has 1 amide bonds. The van der Waals surface area contributed by atoms with Crippen molar-refractivity contribution < 1.29 is 23.1 Å². The Hall–Kier alpha value is -1.20. The lowest BCUT2D eigenvalue weighted by Gasteiger charge is -2.41. The zero-order valence-electron chi connectivity index (χ0n) is 11.1. The van der Waals surface area contributed by atoms with Gasteiger partial charge in [0.15, 0.2) is 0 Å². The van der Waals surface area contributed by atoms with E-state index in [2.05, 4.69) is 0 Å². The van der Waals surface area contributed by atoms with Crippen molar-refractivity contribution in [1.29, 1.82) is 0 Å². The van der Waals surface area contributed by atoms with E-state index in [1.807, 2.05) is 0 Å². The Labute approximate surface area is 105 Å². The maximum absolute atomic E-state index is 13.5. The molecule has 0 aromatic carbocycles. The topological polar surface area (TPSA) is 46.6 Å². The molecule has 1 unspecified atom stereocenters. The molecule has 0 aromatic rings. The predicted molar refractivity (Wildman–Crippen MR) is 61.5 cm³/mol. The molecule has 1 rings (SSSR count). The number of carbonyl (C=O) groups excluding carboxylic acids is 2. The van der Waals surface area contributed by atoms with E-state index in [-0.39, 0.29) is 6.54 Å². The minimum absolute atomic E-state index is 0.0407. The zero-order valence-corrected chi connectivity index (χ0v) is 11.1. The molecule has 0 N–H and O–H groups in total. The molecule has 1 aliphatic heterocycles. The number of alkyl halides is 2. The molecule has 1 heterocycles. The molecule has 0 aromatic heterocycles. The molecule has 0 radical (unpaired) electrons. The van der Waals surface area contributed by atoms with Crippen LogP contribution in [0.3, 0.4) is 0 Å². The van der Waals surface area contributed by atoms with Crippen molar-refractivity contribution in [3.63, 3.8) is 0 Å². The summed E-state index contributed by atoms with van der Waals surface area (Å²) in [6.07, 6.45) is -0.866. The molecule has 104 valence electrons. The van der Waals surface area contributed by atoms with Crippen LogP contribution in [0.25, 0.3) is 0 Å². The van der Waals surface area contributed by atoms with E-state index in [4.69, 9.17) is 4.74 Å². The highest BCUT2D eigenvalue weighted by Crippen LogP contribution is 2.37. The van der Waals surface area contributed by atoms with E-state index in [9.17, 15) is 18.4 Å². The summed E-state index contributed by atoms with van der Waals surface area (Å²) >= 11 is 0. The number of hydrogen-bond donors (Lipinski definition) is 0. The second-order valence-corrected chi connectivity index (χ2v) is 6.14. The molecule has 0 saturated carbocycles. The molecule has 0 spiro atoms. The van der Waals surface area contributed by atoms with E-state index in [1.54, 1.807) is 20.8 Å². The molecule has 18 heavy (non-hydrogen) atoms. The van der Waals surface area contributed by atoms with Crippen molar-refractivity contribution in [3.8, 4) is 0 Å². The standard InChI is InChI=1S/C12H19F2NO3/c1-10(2,3)18-9(17)15-6-11(4,8-16)5-12(13,14)7-15/h8H,5-7H2,1-4H3. The summed E-state index contributed by atoms with van der Waals surface area (Å²) < 4.78 is 32.1. The van der Waals surface area contributed by atoms with Crippen LogP contribution in [0.4, 0.5) is 13.6 Å². The smallest absolute Gasteiger partial charge is 0.410 e. The summed E-state index contributed by atoms with van der Waals surface area (Å²) in [5.74, 6) is -3.06. The fourth-order valence-electron chi connectivity index (χ4n) is 2.01. The molecule has 0 bridgehead atoms. The summed E-state index contributed by atoms with van der Waals surface area (Å²) in [5.41, 5.74) is -1.97. The van der Waals surface area contributed by atoms with Crippen LogP contribution in [-0.4, -0.2) is 41.9 Å². The molecule has 0 aliphatic carbocycles. The molecular formula is C12H19F2NO3. The average Bonchev–Trinajstić information content (AvgIpc) is 2.12. The van der Waals surface area contributed by atoms with Crippen molar-refractivity contribution in [2.45, 2.75) is 45.6 Å². The third-order valence-electron chi connectivity index (χ3n) is 2.57. The number of halogens is 2. The minimum atomic E-state index is -3.06. The van der Waals surface area contributed by atoms with Crippen LogP contribution >= 0.6 is 0 Å². The summed E-state index contributed by atoms with van der Waals surface area (Å²) in [4.78, 5) is 23.6. The minimum Gasteiger partial charge on any atom is -0.444 e. The number of hydrogen-bond acceptors (Lipinski definition) is 3. The van der Waals surface area contributed by atoms with Crippen LogP contribution in [0.1, 0.15) is 34.1 Å². The van der Waals surface area contributed by atoms with Gasteiger partial charge in [0.2, 0.25) is 0 Å². The Bertz CT molecular complexity index is 352. The highest BCUT2D eigenvalue weighted by atomic mass is 19.3. The van der Waals surface area contributed by atoms with Gasteiger partial charge in [0.25, 0.3) is 5.92 Å². The highest BCUT2D eigenvalue weighted by Gasteiger charge is 2.48. The summed E-state index contributed by atoms with van der Waals surface area (Å²) in [5, 5.41) is 0. The molecule has 4 nitrogen and oxygen atoms in total. The number of nitrogens with zero attached hydrogens (tertiary/aromatic N) is 1. The Kier molecular flexibility index (Phi) is 3.70. The van der Waals surface area contributed by atoms with Crippen molar-refractivity contribution in [2.24, 2.45) is 5.41 Å². The van der Waals surface area contributed by atoms with Gasteiger partial charge in [-0.25, -0.2) is 13.6 Å². The first-order valence-electron chi connectivity index (χ1n) is 5.78. The third kappa shape index (κ3) is 3.92. The van der Waals surface area contributed by atoms with Gasteiger partial charge in [-0.05, 0) is 20.8 Å². The molecule has 1 atom stereocenters. The molecule has 1 fully saturated rings. The van der Waals surface area contributed by atoms with Crippen molar-refractivity contribution in [3.05, 3.63) is 0 Å². The van der Waals surface area contributed by atoms with Gasteiger partial charge in [-0.3, -0.25) is 0 Å². The summed E-state index contributed by atoms with van der Waals surface area (Å²) in [6.45, 7) is 5.65. The summed E-state index contributed by atoms with van der Waals surface area (Å²) in [6, 6.07) is 0. The Balaban J connectivity index is 2.83. The van der Waals surface area contributed by atoms with Gasteiger partial charge in [-0.15, -0.1) is 0 Å². The molecule has 1 saturated heterocycles. The van der Waals surface area contributed by atoms with Crippen LogP contribution in [-0.2, 0) is 9.53 Å². The number of ether oxygens (including phenoxy) is 1. The second kappa shape index (κ2) is 4.48. The quantitative estimate of drug-likeness (QED) is 0.683. The van der Waals surface area contributed by atoms with Gasteiger partial charge in [-0.2, -0.15) is 0 Å². The van der Waals surface area contributed by atoms with E-state index >= 15 is 0 Å². The van der Waals surface area contributed by atoms with Crippen LogP contribution in [0, 0.1) is 5.41 Å². The highest BCUT2D eigenvalue weighted by molar-refractivity contribution is 5.70. The largest absolute Gasteiger partial charge is 0.444 e. The fraction of sp³-hybridized carbons (Fsp3) is 0.833. The second-order valence-electron chi connectivity index (χ2n) is 6.14. The Morgan fingerprint density at radius 3 is 2.33 bits per heavy atom. The number of amides is 1. The van der Waals surface area contributed by atoms with Crippen LogP contribution in [0.15, 0.2) is 0 Å². The zero-order chi connectivity index (χ0) is 14.2. The van der Waals surface area contributed by atoms with Crippen molar-refractivity contribution in [2.75, 3.05) is 13.1 Å². The van der Waals surface area contributed by atoms with E-state index in [0.717, 1.165) is 4.90 Å². The molecule has 1 aliphatic rings. The van der Waals surface area contributed by atoms with Gasteiger partial charge in [0.1, 0.15) is 11.9 Å². The van der Waals surface area contributed by atoms with Crippen LogP contribution in [0.2, 0.25) is 0 Å². The fourth-order valence-corrected chi connectivity index (χ4v) is 2.01. The van der Waals surface area contributed by atoms with Gasteiger partial charge >= 0.3 is 6.09 Å². The van der Waals surface area contributed by atoms with Crippen molar-refractivity contribution in [1.82, 2.24) is 4.90 Å². The number of likely N-dealkylation sites (tertiary alicyclic amines) is 1. The lowest BCUT2D eigenvalue weighted by Crippen LogP contribution is -2.55. The van der Waals surface area contributed by atoms with E-state index in [0.29, 0.717) is 6.29 Å². The Morgan fingerprint density at radius 1 is 1.33 bits per heavy atom. The van der Waals surface area contributed by atoms with Crippen LogP contribution < -0.4 is 0 Å². The van der Waals surface area contributed by atoms with Gasteiger partial charge in [0, 0.05) is 18.4 Å². The molecule has 6 heteroatoms. The van der Waals surface area contributed by atoms with Gasteiger partial charge in [0.05, 0.1) is 6.54 Å². The maximum atomic E-state index is 13.5. The average molecular weight is 263 g/mol. The first-order valence-corrected chi connectivity index (χ1v) is 5.78. The maximum Gasteiger partial charge on any atom is 0.410 e. The van der Waals surface area contributed by atoms with E-state index < -0.39 is 36.0 Å². The number of rotatable bonds is 1. The SMILES string of the molecule is CC1(C=O)CN(C(=O)OC(C)(C)C)CC(F)(F)C1. The monoisotopic (exact) mass is 263 g/mol. The van der Waals surface area contributed by atoms with E-state index in [1.165, 1.54) is 6.92 Å². The van der Waals surface area contributed by atoms with Crippen molar-refractivity contribution >= 4 is 12.4 Å². The number of piperidine rings is 1. The van der Waals surface area contributed by atoms with Gasteiger partial charge < -0.3 is 14.4 Å². The first-order chi connectivity index (χ1) is 7.96.